The van der Waals surface area contributed by atoms with Crippen LogP contribution in [0.4, 0.5) is 4.39 Å². The number of benzene rings is 1. The number of aryl methyl sites for hydroxylation is 3. The van der Waals surface area contributed by atoms with Crippen molar-refractivity contribution < 1.29 is 9.13 Å². The van der Waals surface area contributed by atoms with Crippen molar-refractivity contribution in [3.63, 3.8) is 0 Å². The molecule has 94 valence electrons. The van der Waals surface area contributed by atoms with Crippen molar-refractivity contribution >= 4 is 0 Å². The van der Waals surface area contributed by atoms with Crippen LogP contribution in [0.25, 0.3) is 0 Å². The maximum atomic E-state index is 12.6. The molecular weight excluding hydrogens is 231 g/mol. The molecule has 1 aromatic carbocycles. The summed E-state index contributed by atoms with van der Waals surface area (Å²) in [6.07, 6.45) is 2.19. The van der Waals surface area contributed by atoms with Gasteiger partial charge in [0.25, 0.3) is 0 Å². The van der Waals surface area contributed by atoms with Crippen LogP contribution in [0.1, 0.15) is 22.3 Å². The third kappa shape index (κ3) is 2.83. The molecular formula is C14H15FN2O. The summed E-state index contributed by atoms with van der Waals surface area (Å²) in [5, 5.41) is 0. The SMILES string of the molecule is Cc1cc(C)c(COc2ncc(F)cn2)c(C)c1. The van der Waals surface area contributed by atoms with Gasteiger partial charge in [0.05, 0.1) is 12.4 Å². The number of hydrogen-bond acceptors (Lipinski definition) is 3. The molecule has 18 heavy (non-hydrogen) atoms. The molecule has 0 radical (unpaired) electrons. The lowest BCUT2D eigenvalue weighted by atomic mass is 10.0. The molecule has 0 fully saturated rings. The highest BCUT2D eigenvalue weighted by molar-refractivity contribution is 5.37. The van der Waals surface area contributed by atoms with Gasteiger partial charge in [-0.25, -0.2) is 14.4 Å². The zero-order chi connectivity index (χ0) is 13.1. The zero-order valence-electron chi connectivity index (χ0n) is 10.7. The summed E-state index contributed by atoms with van der Waals surface area (Å²) in [5.41, 5.74) is 4.70. The Hall–Kier alpha value is -1.97. The Bertz CT molecular complexity index is 529. The molecule has 0 bridgehead atoms. The molecule has 1 heterocycles. The first-order valence-electron chi connectivity index (χ1n) is 5.73. The lowest BCUT2D eigenvalue weighted by Gasteiger charge is -2.11. The predicted octanol–water partition coefficient (Wildman–Crippen LogP) is 3.12. The van der Waals surface area contributed by atoms with Gasteiger partial charge >= 0.3 is 6.01 Å². The fraction of sp³-hybridized carbons (Fsp3) is 0.286. The topological polar surface area (TPSA) is 35.0 Å². The first-order valence-corrected chi connectivity index (χ1v) is 5.73. The van der Waals surface area contributed by atoms with E-state index in [0.29, 0.717) is 6.61 Å². The summed E-state index contributed by atoms with van der Waals surface area (Å²) < 4.78 is 18.1. The van der Waals surface area contributed by atoms with Crippen LogP contribution in [0.3, 0.4) is 0 Å². The van der Waals surface area contributed by atoms with Crippen LogP contribution in [0.2, 0.25) is 0 Å². The molecule has 2 rings (SSSR count). The highest BCUT2D eigenvalue weighted by Gasteiger charge is 2.06. The van der Waals surface area contributed by atoms with Crippen LogP contribution < -0.4 is 4.74 Å². The van der Waals surface area contributed by atoms with Gasteiger partial charge in [0.2, 0.25) is 0 Å². The third-order valence-electron chi connectivity index (χ3n) is 2.78. The van der Waals surface area contributed by atoms with E-state index < -0.39 is 5.82 Å². The molecule has 0 amide bonds. The molecule has 0 unspecified atom stereocenters. The fourth-order valence-corrected chi connectivity index (χ4v) is 1.95. The van der Waals surface area contributed by atoms with Gasteiger partial charge in [-0.3, -0.25) is 0 Å². The quantitative estimate of drug-likeness (QED) is 0.834. The highest BCUT2D eigenvalue weighted by Crippen LogP contribution is 2.17. The lowest BCUT2D eigenvalue weighted by molar-refractivity contribution is 0.278. The van der Waals surface area contributed by atoms with Crippen LogP contribution in [0, 0.1) is 26.6 Å². The van der Waals surface area contributed by atoms with E-state index in [4.69, 9.17) is 4.74 Å². The van der Waals surface area contributed by atoms with Crippen LogP contribution in [-0.2, 0) is 6.61 Å². The molecule has 0 aliphatic carbocycles. The largest absolute Gasteiger partial charge is 0.459 e. The molecule has 0 aliphatic rings. The second-order valence-electron chi connectivity index (χ2n) is 4.35. The molecule has 0 aliphatic heterocycles. The smallest absolute Gasteiger partial charge is 0.316 e. The molecule has 3 nitrogen and oxygen atoms in total. The standard InChI is InChI=1S/C14H15FN2O/c1-9-4-10(2)13(11(3)5-9)8-18-14-16-6-12(15)7-17-14/h4-7H,8H2,1-3H3. The van der Waals surface area contributed by atoms with Gasteiger partial charge in [-0.1, -0.05) is 17.7 Å². The second-order valence-corrected chi connectivity index (χ2v) is 4.35. The number of ether oxygens (including phenoxy) is 1. The minimum Gasteiger partial charge on any atom is -0.459 e. The van der Waals surface area contributed by atoms with E-state index in [1.165, 1.54) is 16.7 Å². The second kappa shape index (κ2) is 5.12. The highest BCUT2D eigenvalue weighted by atomic mass is 19.1. The van der Waals surface area contributed by atoms with Gasteiger partial charge in [0.1, 0.15) is 6.61 Å². The normalized spacial score (nSPS) is 10.4. The molecule has 2 aromatic rings. The van der Waals surface area contributed by atoms with Crippen molar-refractivity contribution in [3.8, 4) is 6.01 Å². The summed E-state index contributed by atoms with van der Waals surface area (Å²) in [6.45, 7) is 6.55. The van der Waals surface area contributed by atoms with E-state index in [9.17, 15) is 4.39 Å². The summed E-state index contributed by atoms with van der Waals surface area (Å²) in [4.78, 5) is 7.52. The van der Waals surface area contributed by atoms with Crippen molar-refractivity contribution in [1.29, 1.82) is 0 Å². The van der Waals surface area contributed by atoms with Crippen molar-refractivity contribution in [2.24, 2.45) is 0 Å². The minimum absolute atomic E-state index is 0.191. The average molecular weight is 246 g/mol. The van der Waals surface area contributed by atoms with E-state index in [1.807, 2.05) is 13.8 Å². The molecule has 0 atom stereocenters. The van der Waals surface area contributed by atoms with Crippen LogP contribution in [0.15, 0.2) is 24.5 Å². The van der Waals surface area contributed by atoms with Gasteiger partial charge in [0, 0.05) is 0 Å². The monoisotopic (exact) mass is 246 g/mol. The van der Waals surface area contributed by atoms with Gasteiger partial charge in [-0.2, -0.15) is 0 Å². The van der Waals surface area contributed by atoms with E-state index in [1.54, 1.807) is 0 Å². The Balaban J connectivity index is 2.13. The van der Waals surface area contributed by atoms with E-state index in [0.717, 1.165) is 18.0 Å². The van der Waals surface area contributed by atoms with E-state index in [2.05, 4.69) is 29.0 Å². The number of hydrogen-bond donors (Lipinski definition) is 0. The van der Waals surface area contributed by atoms with Gasteiger partial charge in [-0.05, 0) is 37.5 Å². The summed E-state index contributed by atoms with van der Waals surface area (Å²) in [6, 6.07) is 4.41. The predicted molar refractivity (Wildman–Crippen MR) is 67.0 cm³/mol. The van der Waals surface area contributed by atoms with Gasteiger partial charge < -0.3 is 4.74 Å². The maximum absolute atomic E-state index is 12.6. The fourth-order valence-electron chi connectivity index (χ4n) is 1.95. The van der Waals surface area contributed by atoms with Crippen LogP contribution >= 0.6 is 0 Å². The number of rotatable bonds is 3. The maximum Gasteiger partial charge on any atom is 0.316 e. The number of halogens is 1. The number of nitrogens with zero attached hydrogens (tertiary/aromatic N) is 2. The third-order valence-corrected chi connectivity index (χ3v) is 2.78. The molecule has 1 aromatic heterocycles. The molecule has 4 heteroatoms. The Morgan fingerprint density at radius 3 is 2.17 bits per heavy atom. The van der Waals surface area contributed by atoms with E-state index in [-0.39, 0.29) is 6.01 Å². The Morgan fingerprint density at radius 2 is 1.61 bits per heavy atom. The van der Waals surface area contributed by atoms with Crippen LogP contribution in [0.5, 0.6) is 6.01 Å². The Labute approximate surface area is 106 Å². The molecule has 0 saturated carbocycles. The first kappa shape index (κ1) is 12.5. The number of aromatic nitrogens is 2. The Morgan fingerprint density at radius 1 is 1.06 bits per heavy atom. The molecule has 0 spiro atoms. The summed E-state index contributed by atoms with van der Waals surface area (Å²) in [5.74, 6) is -0.468. The zero-order valence-corrected chi connectivity index (χ0v) is 10.7. The molecule has 0 N–H and O–H groups in total. The first-order chi connectivity index (χ1) is 8.56. The van der Waals surface area contributed by atoms with Gasteiger partial charge in [0.15, 0.2) is 5.82 Å². The average Bonchev–Trinajstić information content (AvgIpc) is 2.30. The van der Waals surface area contributed by atoms with Crippen molar-refractivity contribution in [3.05, 3.63) is 52.6 Å². The minimum atomic E-state index is -0.468. The van der Waals surface area contributed by atoms with E-state index >= 15 is 0 Å². The van der Waals surface area contributed by atoms with Crippen molar-refractivity contribution in [1.82, 2.24) is 9.97 Å². The van der Waals surface area contributed by atoms with Crippen molar-refractivity contribution in [2.75, 3.05) is 0 Å². The van der Waals surface area contributed by atoms with Gasteiger partial charge in [-0.15, -0.1) is 0 Å². The summed E-state index contributed by atoms with van der Waals surface area (Å²) >= 11 is 0. The molecule has 0 saturated heterocycles. The summed E-state index contributed by atoms with van der Waals surface area (Å²) in [7, 11) is 0. The lowest BCUT2D eigenvalue weighted by Crippen LogP contribution is -2.03. The van der Waals surface area contributed by atoms with Crippen LogP contribution in [-0.4, -0.2) is 9.97 Å². The van der Waals surface area contributed by atoms with Crippen molar-refractivity contribution in [2.45, 2.75) is 27.4 Å². The Kier molecular flexibility index (Phi) is 3.55.